The molecule has 2 aliphatic heterocycles. The van der Waals surface area contributed by atoms with Gasteiger partial charge in [-0.3, -0.25) is 9.59 Å². The zero-order valence-corrected chi connectivity index (χ0v) is 19.4. The molecule has 3 aromatic rings. The summed E-state index contributed by atoms with van der Waals surface area (Å²) in [4.78, 5) is 34.1. The third kappa shape index (κ3) is 5.09. The second-order valence-electron chi connectivity index (χ2n) is 8.73. The lowest BCUT2D eigenvalue weighted by Crippen LogP contribution is -2.32. The summed E-state index contributed by atoms with van der Waals surface area (Å²) in [7, 11) is 0. The molecule has 2 aliphatic rings. The molecule has 170 valence electrons. The molecule has 7 heteroatoms. The first-order chi connectivity index (χ1) is 16.2. The summed E-state index contributed by atoms with van der Waals surface area (Å²) in [5.74, 6) is -0.418. The van der Waals surface area contributed by atoms with E-state index in [-0.39, 0.29) is 24.2 Å². The van der Waals surface area contributed by atoms with Crippen LogP contribution in [0.4, 0.5) is 11.4 Å². The van der Waals surface area contributed by atoms with Crippen LogP contribution in [-0.4, -0.2) is 36.4 Å². The maximum atomic E-state index is 12.7. The molecule has 1 atom stereocenters. The quantitative estimate of drug-likeness (QED) is 0.579. The maximum absolute atomic E-state index is 12.7. The molecule has 6 nitrogen and oxygen atoms in total. The zero-order valence-electron chi connectivity index (χ0n) is 18.6. The first kappa shape index (κ1) is 21.6. The Labute approximate surface area is 198 Å². The van der Waals surface area contributed by atoms with Crippen molar-refractivity contribution in [1.29, 1.82) is 0 Å². The maximum Gasteiger partial charge on any atom is 0.227 e. The van der Waals surface area contributed by atoms with Gasteiger partial charge in [-0.15, -0.1) is 11.3 Å². The molecular formula is C26H28N4O2S. The van der Waals surface area contributed by atoms with Crippen LogP contribution in [0.2, 0.25) is 0 Å². The largest absolute Gasteiger partial charge is 0.372 e. The van der Waals surface area contributed by atoms with Crippen LogP contribution >= 0.6 is 11.3 Å². The van der Waals surface area contributed by atoms with Gasteiger partial charge in [0, 0.05) is 49.2 Å². The third-order valence-electron chi connectivity index (χ3n) is 6.37. The van der Waals surface area contributed by atoms with Crippen LogP contribution in [0.25, 0.3) is 0 Å². The molecule has 3 heterocycles. The van der Waals surface area contributed by atoms with Gasteiger partial charge >= 0.3 is 0 Å². The molecule has 2 amide bonds. The van der Waals surface area contributed by atoms with Crippen molar-refractivity contribution >= 4 is 34.5 Å². The van der Waals surface area contributed by atoms with Crippen molar-refractivity contribution < 1.29 is 9.59 Å². The number of hydrogen-bond donors (Lipinski definition) is 1. The number of aromatic nitrogens is 1. The molecule has 2 aromatic carbocycles. The predicted molar refractivity (Wildman–Crippen MR) is 132 cm³/mol. The van der Waals surface area contributed by atoms with E-state index in [0.29, 0.717) is 13.1 Å². The van der Waals surface area contributed by atoms with E-state index in [1.807, 2.05) is 35.7 Å². The van der Waals surface area contributed by atoms with Crippen LogP contribution in [0.15, 0.2) is 60.0 Å². The Kier molecular flexibility index (Phi) is 6.39. The molecule has 0 spiro atoms. The van der Waals surface area contributed by atoms with Crippen LogP contribution in [0.3, 0.4) is 0 Å². The highest BCUT2D eigenvalue weighted by Gasteiger charge is 2.35. The van der Waals surface area contributed by atoms with Crippen molar-refractivity contribution in [3.63, 3.8) is 0 Å². The number of amides is 2. The summed E-state index contributed by atoms with van der Waals surface area (Å²) in [5.41, 5.74) is 4.15. The van der Waals surface area contributed by atoms with Crippen LogP contribution in [0, 0.1) is 5.92 Å². The average Bonchev–Trinajstić information content (AvgIpc) is 3.60. The van der Waals surface area contributed by atoms with E-state index >= 15 is 0 Å². The fourth-order valence-electron chi connectivity index (χ4n) is 4.56. The summed E-state index contributed by atoms with van der Waals surface area (Å²) in [6, 6.07) is 18.4. The van der Waals surface area contributed by atoms with Crippen molar-refractivity contribution in [1.82, 2.24) is 10.3 Å². The van der Waals surface area contributed by atoms with Crippen LogP contribution in [0.1, 0.15) is 35.5 Å². The van der Waals surface area contributed by atoms with Crippen molar-refractivity contribution in [3.8, 4) is 0 Å². The van der Waals surface area contributed by atoms with E-state index < -0.39 is 0 Å². The van der Waals surface area contributed by atoms with Crippen LogP contribution in [-0.2, 0) is 22.6 Å². The minimum Gasteiger partial charge on any atom is -0.372 e. The van der Waals surface area contributed by atoms with Gasteiger partial charge in [0.25, 0.3) is 0 Å². The molecule has 0 bridgehead atoms. The number of rotatable bonds is 7. The molecule has 0 saturated carbocycles. The molecule has 1 N–H and O–H groups in total. The SMILES string of the molecule is O=C(NCc1csc(Cc2ccccc2)n1)C1CC(=O)N(c2ccc(N3CCCC3)cc2)C1. The van der Waals surface area contributed by atoms with Gasteiger partial charge < -0.3 is 15.1 Å². The Morgan fingerprint density at radius 3 is 2.52 bits per heavy atom. The highest BCUT2D eigenvalue weighted by molar-refractivity contribution is 7.09. The second kappa shape index (κ2) is 9.75. The highest BCUT2D eigenvalue weighted by Crippen LogP contribution is 2.28. The van der Waals surface area contributed by atoms with Gasteiger partial charge in [-0.2, -0.15) is 0 Å². The Bertz CT molecular complexity index is 1110. The van der Waals surface area contributed by atoms with Crippen molar-refractivity contribution in [2.45, 2.75) is 32.2 Å². The number of anilines is 2. The predicted octanol–water partition coefficient (Wildman–Crippen LogP) is 4.00. The van der Waals surface area contributed by atoms with E-state index in [4.69, 9.17) is 0 Å². The summed E-state index contributed by atoms with van der Waals surface area (Å²) in [6.07, 6.45) is 3.51. The lowest BCUT2D eigenvalue weighted by atomic mass is 10.1. The lowest BCUT2D eigenvalue weighted by Gasteiger charge is -2.20. The Balaban J connectivity index is 1.14. The normalized spacial score (nSPS) is 18.2. The smallest absolute Gasteiger partial charge is 0.227 e. The first-order valence-electron chi connectivity index (χ1n) is 11.6. The third-order valence-corrected chi connectivity index (χ3v) is 7.27. The second-order valence-corrected chi connectivity index (χ2v) is 9.67. The minimum absolute atomic E-state index is 0.00266. The van der Waals surface area contributed by atoms with Crippen molar-refractivity contribution in [2.24, 2.45) is 5.92 Å². The monoisotopic (exact) mass is 460 g/mol. The van der Waals surface area contributed by atoms with E-state index in [2.05, 4.69) is 39.5 Å². The summed E-state index contributed by atoms with van der Waals surface area (Å²) in [5, 5.41) is 6.00. The number of hydrogen-bond acceptors (Lipinski definition) is 5. The van der Waals surface area contributed by atoms with E-state index in [0.717, 1.165) is 35.9 Å². The highest BCUT2D eigenvalue weighted by atomic mass is 32.1. The number of thiazole rings is 1. The molecular weight excluding hydrogens is 432 g/mol. The van der Waals surface area contributed by atoms with Gasteiger partial charge in [-0.1, -0.05) is 30.3 Å². The Morgan fingerprint density at radius 2 is 1.76 bits per heavy atom. The number of nitrogens with one attached hydrogen (secondary N) is 1. The van der Waals surface area contributed by atoms with E-state index in [1.165, 1.54) is 24.1 Å². The van der Waals surface area contributed by atoms with Gasteiger partial charge in [0.05, 0.1) is 23.2 Å². The number of nitrogens with zero attached hydrogens (tertiary/aromatic N) is 3. The van der Waals surface area contributed by atoms with Gasteiger partial charge in [0.1, 0.15) is 0 Å². The fourth-order valence-corrected chi connectivity index (χ4v) is 5.38. The molecule has 5 rings (SSSR count). The molecule has 0 radical (unpaired) electrons. The number of carbonyl (C=O) groups excluding carboxylic acids is 2. The molecule has 1 unspecified atom stereocenters. The van der Waals surface area contributed by atoms with Gasteiger partial charge in [0.2, 0.25) is 11.8 Å². The van der Waals surface area contributed by atoms with Gasteiger partial charge in [-0.25, -0.2) is 4.98 Å². The summed E-state index contributed by atoms with van der Waals surface area (Å²) >= 11 is 1.61. The van der Waals surface area contributed by atoms with Crippen LogP contribution in [0.5, 0.6) is 0 Å². The minimum atomic E-state index is -0.335. The van der Waals surface area contributed by atoms with Crippen LogP contribution < -0.4 is 15.1 Å². The molecule has 2 saturated heterocycles. The zero-order chi connectivity index (χ0) is 22.6. The lowest BCUT2D eigenvalue weighted by molar-refractivity contribution is -0.126. The Hall–Kier alpha value is -3.19. The molecule has 1 aromatic heterocycles. The standard InChI is InChI=1S/C26H28N4O2S/c31-25-15-20(17-30(25)23-10-8-22(9-11-23)29-12-4-5-13-29)26(32)27-16-21-18-33-24(28-21)14-19-6-2-1-3-7-19/h1-3,6-11,18,20H,4-5,12-17H2,(H,27,32). The van der Waals surface area contributed by atoms with E-state index in [1.54, 1.807) is 16.2 Å². The number of carbonyl (C=O) groups is 2. The first-order valence-corrected chi connectivity index (χ1v) is 12.4. The summed E-state index contributed by atoms with van der Waals surface area (Å²) < 4.78 is 0. The molecule has 2 fully saturated rings. The molecule has 0 aliphatic carbocycles. The van der Waals surface area contributed by atoms with Crippen molar-refractivity contribution in [3.05, 3.63) is 76.2 Å². The van der Waals surface area contributed by atoms with Crippen molar-refractivity contribution in [2.75, 3.05) is 29.4 Å². The topological polar surface area (TPSA) is 65.5 Å². The Morgan fingerprint density at radius 1 is 1.03 bits per heavy atom. The number of benzene rings is 2. The average molecular weight is 461 g/mol. The fraction of sp³-hybridized carbons (Fsp3) is 0.346. The molecule has 33 heavy (non-hydrogen) atoms. The summed E-state index contributed by atoms with van der Waals surface area (Å²) in [6.45, 7) is 3.00. The van der Waals surface area contributed by atoms with Gasteiger partial charge in [0.15, 0.2) is 0 Å². The van der Waals surface area contributed by atoms with E-state index in [9.17, 15) is 9.59 Å². The van der Waals surface area contributed by atoms with Gasteiger partial charge in [-0.05, 0) is 42.7 Å².